The lowest BCUT2D eigenvalue weighted by atomic mass is 10.1. The lowest BCUT2D eigenvalue weighted by molar-refractivity contribution is 0.102. The molecular weight excluding hydrogens is 449 g/mol. The highest BCUT2D eigenvalue weighted by molar-refractivity contribution is 14.1. The van der Waals surface area contributed by atoms with Crippen molar-refractivity contribution in [2.24, 2.45) is 0 Å². The molecule has 0 aliphatic carbocycles. The monoisotopic (exact) mass is 471 g/mol. The summed E-state index contributed by atoms with van der Waals surface area (Å²) in [5.74, 6) is 0.647. The van der Waals surface area contributed by atoms with Gasteiger partial charge in [-0.2, -0.15) is 0 Å². The first-order valence-corrected chi connectivity index (χ1v) is 10.0. The van der Waals surface area contributed by atoms with Crippen LogP contribution in [0.2, 0.25) is 0 Å². The van der Waals surface area contributed by atoms with E-state index in [4.69, 9.17) is 4.74 Å². The Bertz CT molecular complexity index is 909. The number of carbonyl (C=O) groups is 1. The number of anilines is 1. The molecule has 0 atom stereocenters. The van der Waals surface area contributed by atoms with Crippen molar-refractivity contribution >= 4 is 34.2 Å². The van der Waals surface area contributed by atoms with Crippen molar-refractivity contribution in [3.05, 3.63) is 93.1 Å². The third-order valence-corrected chi connectivity index (χ3v) is 5.41. The standard InChI is InChI=1S/C23H22INO2/c1-17-12-13-19(15-22(17)24)23(26)25-20-10-5-11-21(16-20)27-14-6-9-18-7-3-2-4-8-18/h2-5,7-8,10-13,15-16H,6,9,14H2,1H3,(H,25,26). The zero-order valence-electron chi connectivity index (χ0n) is 15.2. The molecule has 138 valence electrons. The normalized spacial score (nSPS) is 10.4. The van der Waals surface area contributed by atoms with Crippen LogP contribution in [-0.4, -0.2) is 12.5 Å². The Labute approximate surface area is 173 Å². The zero-order chi connectivity index (χ0) is 19.1. The van der Waals surface area contributed by atoms with Crippen molar-refractivity contribution in [3.63, 3.8) is 0 Å². The number of hydrogen-bond acceptors (Lipinski definition) is 2. The van der Waals surface area contributed by atoms with Crippen LogP contribution >= 0.6 is 22.6 Å². The Morgan fingerprint density at radius 2 is 1.81 bits per heavy atom. The number of hydrogen-bond donors (Lipinski definition) is 1. The van der Waals surface area contributed by atoms with Gasteiger partial charge in [0.05, 0.1) is 6.61 Å². The number of rotatable bonds is 7. The molecule has 0 bridgehead atoms. The van der Waals surface area contributed by atoms with Gasteiger partial charge in [0.15, 0.2) is 0 Å². The molecule has 3 nitrogen and oxygen atoms in total. The summed E-state index contributed by atoms with van der Waals surface area (Å²) in [4.78, 5) is 12.5. The summed E-state index contributed by atoms with van der Waals surface area (Å²) in [5, 5.41) is 2.94. The van der Waals surface area contributed by atoms with Crippen molar-refractivity contribution < 1.29 is 9.53 Å². The van der Waals surface area contributed by atoms with E-state index in [-0.39, 0.29) is 5.91 Å². The Morgan fingerprint density at radius 3 is 2.59 bits per heavy atom. The van der Waals surface area contributed by atoms with Gasteiger partial charge >= 0.3 is 0 Å². The second-order valence-corrected chi connectivity index (χ2v) is 7.55. The topological polar surface area (TPSA) is 38.3 Å². The fraction of sp³-hybridized carbons (Fsp3) is 0.174. The molecule has 0 aliphatic heterocycles. The number of amides is 1. The Morgan fingerprint density at radius 1 is 1.00 bits per heavy atom. The van der Waals surface area contributed by atoms with E-state index in [9.17, 15) is 4.79 Å². The first-order valence-electron chi connectivity index (χ1n) is 8.96. The van der Waals surface area contributed by atoms with E-state index in [1.54, 1.807) is 0 Å². The average Bonchev–Trinajstić information content (AvgIpc) is 2.68. The molecule has 1 amide bonds. The summed E-state index contributed by atoms with van der Waals surface area (Å²) in [6.07, 6.45) is 1.94. The van der Waals surface area contributed by atoms with Crippen LogP contribution in [0.3, 0.4) is 0 Å². The van der Waals surface area contributed by atoms with Crippen molar-refractivity contribution in [1.82, 2.24) is 0 Å². The smallest absolute Gasteiger partial charge is 0.255 e. The molecule has 0 aliphatic rings. The zero-order valence-corrected chi connectivity index (χ0v) is 17.4. The summed E-state index contributed by atoms with van der Waals surface area (Å²) < 4.78 is 6.92. The van der Waals surface area contributed by atoms with Gasteiger partial charge in [-0.25, -0.2) is 0 Å². The number of carbonyl (C=O) groups excluding carboxylic acids is 1. The summed E-state index contributed by atoms with van der Waals surface area (Å²) in [5.41, 5.74) is 3.86. The molecule has 3 aromatic rings. The van der Waals surface area contributed by atoms with E-state index in [1.165, 1.54) is 5.56 Å². The van der Waals surface area contributed by atoms with Gasteiger partial charge in [-0.15, -0.1) is 0 Å². The van der Waals surface area contributed by atoms with Crippen LogP contribution in [0.4, 0.5) is 5.69 Å². The van der Waals surface area contributed by atoms with Gasteiger partial charge in [-0.3, -0.25) is 4.79 Å². The molecule has 3 rings (SSSR count). The molecule has 0 aromatic heterocycles. The molecule has 0 radical (unpaired) electrons. The molecule has 0 saturated heterocycles. The Kier molecular flexibility index (Phi) is 6.87. The van der Waals surface area contributed by atoms with Crippen molar-refractivity contribution in [2.45, 2.75) is 19.8 Å². The quantitative estimate of drug-likeness (QED) is 0.346. The molecular formula is C23H22INO2. The van der Waals surface area contributed by atoms with E-state index < -0.39 is 0 Å². The first-order chi connectivity index (χ1) is 13.1. The highest BCUT2D eigenvalue weighted by Crippen LogP contribution is 2.20. The maximum atomic E-state index is 12.5. The molecule has 3 aromatic carbocycles. The predicted octanol–water partition coefficient (Wildman–Crippen LogP) is 5.86. The minimum absolute atomic E-state index is 0.117. The van der Waals surface area contributed by atoms with Gasteiger partial charge in [-0.05, 0) is 77.7 Å². The number of ether oxygens (including phenoxy) is 1. The van der Waals surface area contributed by atoms with E-state index in [1.807, 2.05) is 55.5 Å². The average molecular weight is 471 g/mol. The van der Waals surface area contributed by atoms with E-state index in [0.717, 1.165) is 33.4 Å². The largest absolute Gasteiger partial charge is 0.494 e. The third kappa shape index (κ3) is 5.82. The summed E-state index contributed by atoms with van der Waals surface area (Å²) in [7, 11) is 0. The second kappa shape index (κ2) is 9.55. The van der Waals surface area contributed by atoms with Gasteiger partial charge in [0.2, 0.25) is 0 Å². The Balaban J connectivity index is 1.53. The second-order valence-electron chi connectivity index (χ2n) is 6.38. The van der Waals surface area contributed by atoms with Crippen LogP contribution in [0, 0.1) is 10.5 Å². The predicted molar refractivity (Wildman–Crippen MR) is 119 cm³/mol. The Hall–Kier alpha value is -2.34. The number of nitrogens with one attached hydrogen (secondary N) is 1. The highest BCUT2D eigenvalue weighted by Gasteiger charge is 2.08. The van der Waals surface area contributed by atoms with Crippen LogP contribution in [0.1, 0.15) is 27.9 Å². The molecule has 1 N–H and O–H groups in total. The molecule has 0 heterocycles. The fourth-order valence-corrected chi connectivity index (χ4v) is 3.23. The van der Waals surface area contributed by atoms with Crippen molar-refractivity contribution in [2.75, 3.05) is 11.9 Å². The van der Waals surface area contributed by atoms with Crippen LogP contribution in [0.15, 0.2) is 72.8 Å². The number of benzene rings is 3. The van der Waals surface area contributed by atoms with Crippen molar-refractivity contribution in [1.29, 1.82) is 0 Å². The van der Waals surface area contributed by atoms with Gasteiger partial charge in [0.1, 0.15) is 5.75 Å². The molecule has 0 unspecified atom stereocenters. The van der Waals surface area contributed by atoms with Crippen LogP contribution in [0.25, 0.3) is 0 Å². The van der Waals surface area contributed by atoms with Gasteiger partial charge in [-0.1, -0.05) is 42.5 Å². The molecule has 27 heavy (non-hydrogen) atoms. The van der Waals surface area contributed by atoms with Crippen LogP contribution in [-0.2, 0) is 6.42 Å². The minimum Gasteiger partial charge on any atom is -0.494 e. The lowest BCUT2D eigenvalue weighted by Crippen LogP contribution is -2.12. The molecule has 0 fully saturated rings. The maximum Gasteiger partial charge on any atom is 0.255 e. The van der Waals surface area contributed by atoms with Gasteiger partial charge < -0.3 is 10.1 Å². The first kappa shape index (κ1) is 19.4. The highest BCUT2D eigenvalue weighted by atomic mass is 127. The van der Waals surface area contributed by atoms with Crippen molar-refractivity contribution in [3.8, 4) is 5.75 Å². The summed E-state index contributed by atoms with van der Waals surface area (Å²) in [6, 6.07) is 23.6. The molecule has 4 heteroatoms. The number of halogens is 1. The minimum atomic E-state index is -0.117. The van der Waals surface area contributed by atoms with Crippen LogP contribution < -0.4 is 10.1 Å². The van der Waals surface area contributed by atoms with E-state index >= 15 is 0 Å². The SMILES string of the molecule is Cc1ccc(C(=O)Nc2cccc(OCCCc3ccccc3)c2)cc1I. The number of aryl methyl sites for hydroxylation is 2. The van der Waals surface area contributed by atoms with E-state index in [2.05, 4.69) is 52.2 Å². The lowest BCUT2D eigenvalue weighted by Gasteiger charge is -2.10. The fourth-order valence-electron chi connectivity index (χ4n) is 2.71. The summed E-state index contributed by atoms with van der Waals surface area (Å²) >= 11 is 2.24. The summed E-state index contributed by atoms with van der Waals surface area (Å²) in [6.45, 7) is 2.67. The van der Waals surface area contributed by atoms with Gasteiger partial charge in [0.25, 0.3) is 5.91 Å². The molecule has 0 spiro atoms. The third-order valence-electron chi connectivity index (χ3n) is 4.25. The van der Waals surface area contributed by atoms with Gasteiger partial charge in [0, 0.05) is 20.9 Å². The maximum absolute atomic E-state index is 12.5. The van der Waals surface area contributed by atoms with E-state index in [0.29, 0.717) is 12.2 Å². The van der Waals surface area contributed by atoms with Crippen LogP contribution in [0.5, 0.6) is 5.75 Å². The molecule has 0 saturated carbocycles.